The van der Waals surface area contributed by atoms with Gasteiger partial charge in [0.15, 0.2) is 10.7 Å². The van der Waals surface area contributed by atoms with E-state index in [-0.39, 0.29) is 5.12 Å². The molecule has 0 aromatic carbocycles. The molecule has 0 aliphatic rings. The molecule has 148 valence electrons. The Morgan fingerprint density at radius 1 is 0.600 bits per heavy atom. The highest BCUT2D eigenvalue weighted by Gasteiger charge is 2.74. The summed E-state index contributed by atoms with van der Waals surface area (Å²) in [6.07, 6.45) is 0. The molecule has 0 aromatic heterocycles. The van der Waals surface area contributed by atoms with Gasteiger partial charge >= 0.3 is 0 Å². The van der Waals surface area contributed by atoms with Crippen LogP contribution < -0.4 is 0 Å². The Bertz CT molecular complexity index is 511. The van der Waals surface area contributed by atoms with Gasteiger partial charge in [0.2, 0.25) is 5.12 Å². The molecule has 1 atom stereocenters. The van der Waals surface area contributed by atoms with E-state index in [2.05, 4.69) is 25.3 Å². The lowest BCUT2D eigenvalue weighted by Gasteiger charge is -2.65. The number of rotatable bonds is 4. The van der Waals surface area contributed by atoms with Gasteiger partial charge in [0.1, 0.15) is 0 Å². The number of ether oxygens (including phenoxy) is 1. The molecule has 0 amide bonds. The minimum Gasteiger partial charge on any atom is -0.359 e. The first kappa shape index (κ1) is 25.0. The summed E-state index contributed by atoms with van der Waals surface area (Å²) < 4.78 is 6.54. The molecule has 0 fully saturated rings. The zero-order valence-corrected chi connectivity index (χ0v) is 19.9. The quantitative estimate of drug-likeness (QED) is 0.616. The molecule has 25 heavy (non-hydrogen) atoms. The Labute approximate surface area is 165 Å². The van der Waals surface area contributed by atoms with E-state index < -0.39 is 38.0 Å². The highest BCUT2D eigenvalue weighted by atomic mass is 32.1. The van der Waals surface area contributed by atoms with E-state index >= 15 is 0 Å². The van der Waals surface area contributed by atoms with Crippen molar-refractivity contribution in [2.24, 2.45) is 21.7 Å². The first-order valence-corrected chi connectivity index (χ1v) is 9.66. The molecule has 0 N–H and O–H groups in total. The Hall–Kier alpha value is -0.0000000000000000555. The van der Waals surface area contributed by atoms with Gasteiger partial charge in [-0.2, -0.15) is 0 Å². The van der Waals surface area contributed by atoms with Crippen molar-refractivity contribution in [2.75, 3.05) is 0 Å². The van der Waals surface area contributed by atoms with Crippen molar-refractivity contribution < 1.29 is 14.3 Å². The highest BCUT2D eigenvalue weighted by Crippen LogP contribution is 2.66. The van der Waals surface area contributed by atoms with Crippen LogP contribution >= 0.6 is 25.3 Å². The maximum absolute atomic E-state index is 13.2. The average molecular weight is 391 g/mol. The minimum absolute atomic E-state index is 0.353. The van der Waals surface area contributed by atoms with Crippen molar-refractivity contribution in [3.05, 3.63) is 0 Å². The van der Waals surface area contributed by atoms with E-state index in [0.717, 1.165) is 0 Å². The van der Waals surface area contributed by atoms with Gasteiger partial charge in [-0.3, -0.25) is 9.59 Å². The van der Waals surface area contributed by atoms with Crippen LogP contribution in [-0.4, -0.2) is 21.4 Å². The van der Waals surface area contributed by atoms with Crippen molar-refractivity contribution in [1.82, 2.24) is 0 Å². The van der Waals surface area contributed by atoms with Gasteiger partial charge in [-0.05, 0) is 31.6 Å². The zero-order valence-electron chi connectivity index (χ0n) is 18.1. The molecular formula is C20H38O3S2. The predicted molar refractivity (Wildman–Crippen MR) is 112 cm³/mol. The van der Waals surface area contributed by atoms with E-state index in [1.54, 1.807) is 0 Å². The van der Waals surface area contributed by atoms with Crippen LogP contribution in [0.4, 0.5) is 0 Å². The van der Waals surface area contributed by atoms with Crippen molar-refractivity contribution >= 4 is 35.5 Å². The van der Waals surface area contributed by atoms with E-state index in [9.17, 15) is 9.59 Å². The van der Waals surface area contributed by atoms with Crippen molar-refractivity contribution in [3.8, 4) is 0 Å². The summed E-state index contributed by atoms with van der Waals surface area (Å²) >= 11 is 8.62. The van der Waals surface area contributed by atoms with Crippen molar-refractivity contribution in [1.29, 1.82) is 0 Å². The first-order valence-electron chi connectivity index (χ1n) is 8.76. The van der Waals surface area contributed by atoms with Gasteiger partial charge in [-0.1, -0.05) is 62.3 Å². The molecule has 5 heteroatoms. The predicted octanol–water partition coefficient (Wildman–Crippen LogP) is 5.58. The summed E-state index contributed by atoms with van der Waals surface area (Å²) in [5.74, 6) is 0. The van der Waals surface area contributed by atoms with Gasteiger partial charge in [0.25, 0.3) is 0 Å². The maximum atomic E-state index is 13.2. The summed E-state index contributed by atoms with van der Waals surface area (Å²) in [6, 6.07) is 0. The lowest BCUT2D eigenvalue weighted by atomic mass is 9.43. The Morgan fingerprint density at radius 3 is 1.04 bits per heavy atom. The highest BCUT2D eigenvalue weighted by molar-refractivity contribution is 7.97. The van der Waals surface area contributed by atoms with Crippen LogP contribution in [0.15, 0.2) is 0 Å². The summed E-state index contributed by atoms with van der Waals surface area (Å²) in [5.41, 5.74) is -5.27. The third kappa shape index (κ3) is 3.98. The average Bonchev–Trinajstić information content (AvgIpc) is 2.19. The van der Waals surface area contributed by atoms with Crippen LogP contribution in [0, 0.1) is 21.7 Å². The number of thiol groups is 2. The van der Waals surface area contributed by atoms with E-state index in [0.29, 0.717) is 0 Å². The van der Waals surface area contributed by atoms with Gasteiger partial charge in [0, 0.05) is 5.41 Å². The monoisotopic (exact) mass is 390 g/mol. The minimum atomic E-state index is -1.48. The molecule has 0 spiro atoms. The van der Waals surface area contributed by atoms with Gasteiger partial charge in [0.05, 0.1) is 11.0 Å². The molecule has 0 rings (SSSR count). The molecule has 3 nitrogen and oxygen atoms in total. The lowest BCUT2D eigenvalue weighted by molar-refractivity contribution is -0.265. The smallest absolute Gasteiger partial charge is 0.219 e. The molecule has 0 aliphatic carbocycles. The second-order valence-corrected chi connectivity index (χ2v) is 11.8. The number of hydrogen-bond donors (Lipinski definition) is 2. The zero-order chi connectivity index (χ0) is 20.9. The Balaban J connectivity index is 7.60. The molecule has 0 saturated carbocycles. The fraction of sp³-hybridized carbons (Fsp3) is 0.900. The summed E-state index contributed by atoms with van der Waals surface area (Å²) in [7, 11) is 0. The van der Waals surface area contributed by atoms with Crippen LogP contribution in [0.2, 0.25) is 0 Å². The number of carbonyl (C=O) groups is 2. The van der Waals surface area contributed by atoms with Crippen LogP contribution in [0.5, 0.6) is 0 Å². The fourth-order valence-corrected chi connectivity index (χ4v) is 6.13. The van der Waals surface area contributed by atoms with Crippen LogP contribution in [0.3, 0.4) is 0 Å². The van der Waals surface area contributed by atoms with E-state index in [4.69, 9.17) is 4.74 Å². The molecule has 0 bridgehead atoms. The molecule has 0 aliphatic heterocycles. The summed E-state index contributed by atoms with van der Waals surface area (Å²) in [4.78, 5) is 26.4. The van der Waals surface area contributed by atoms with Crippen LogP contribution in [0.25, 0.3) is 0 Å². The molecule has 0 radical (unpaired) electrons. The summed E-state index contributed by atoms with van der Waals surface area (Å²) in [6.45, 7) is 23.3. The van der Waals surface area contributed by atoms with Gasteiger partial charge < -0.3 is 4.74 Å². The summed E-state index contributed by atoms with van der Waals surface area (Å²) in [5, 5.41) is -0.795. The van der Waals surface area contributed by atoms with E-state index in [1.807, 2.05) is 83.1 Å². The lowest BCUT2D eigenvalue weighted by Crippen LogP contribution is -2.74. The molecule has 1 unspecified atom stereocenters. The molecule has 0 aromatic rings. The maximum Gasteiger partial charge on any atom is 0.219 e. The van der Waals surface area contributed by atoms with Gasteiger partial charge in [-0.15, -0.1) is 25.3 Å². The second-order valence-electron chi connectivity index (χ2n) is 11.0. The molecular weight excluding hydrogens is 352 g/mol. The molecule has 0 saturated heterocycles. The number of hydrogen-bond acceptors (Lipinski definition) is 3. The van der Waals surface area contributed by atoms with Crippen molar-refractivity contribution in [2.45, 2.75) is 94.3 Å². The van der Waals surface area contributed by atoms with E-state index in [1.165, 1.54) is 0 Å². The van der Waals surface area contributed by atoms with Gasteiger partial charge in [-0.25, -0.2) is 0 Å². The first-order chi connectivity index (χ1) is 10.6. The third-order valence-corrected chi connectivity index (χ3v) is 5.57. The standard InChI is InChI=1S/C20H38O3S2/c1-15(2,3)19(13(21)24,16(4,5)6)20(14(22)25,17(7,8)9)23-18(10,11)12/h1-12H3,(H,21,24)(H,22,25). The SMILES string of the molecule is CC(C)(C)OC(C(=O)S)(C(C)(C)C)C(C(=O)S)(C(C)(C)C)C(C)(C)C. The Morgan fingerprint density at radius 2 is 0.920 bits per heavy atom. The largest absolute Gasteiger partial charge is 0.359 e. The Kier molecular flexibility index (Phi) is 6.87. The fourth-order valence-electron chi connectivity index (χ4n) is 4.75. The van der Waals surface area contributed by atoms with Crippen LogP contribution in [-0.2, 0) is 14.3 Å². The number of carbonyl (C=O) groups excluding carboxylic acids is 2. The normalized spacial score (nSPS) is 17.2. The molecule has 0 heterocycles. The third-order valence-electron chi connectivity index (χ3n) is 4.92. The van der Waals surface area contributed by atoms with Crippen LogP contribution in [0.1, 0.15) is 83.1 Å². The second kappa shape index (κ2) is 6.87. The van der Waals surface area contributed by atoms with Crippen molar-refractivity contribution in [3.63, 3.8) is 0 Å². The topological polar surface area (TPSA) is 43.4 Å².